The van der Waals surface area contributed by atoms with Crippen molar-refractivity contribution in [3.63, 3.8) is 0 Å². The number of piperidine rings is 3. The number of pyridine rings is 2. The van der Waals surface area contributed by atoms with Gasteiger partial charge in [0.2, 0.25) is 0 Å². The Morgan fingerprint density at radius 3 is 2.30 bits per heavy atom. The van der Waals surface area contributed by atoms with Gasteiger partial charge in [-0.3, -0.25) is 9.88 Å². The Labute approximate surface area is 335 Å². The van der Waals surface area contributed by atoms with Gasteiger partial charge < -0.3 is 29.0 Å². The van der Waals surface area contributed by atoms with Crippen molar-refractivity contribution in [3.8, 4) is 17.2 Å². The highest BCUT2D eigenvalue weighted by atomic mass is 35.5. The second kappa shape index (κ2) is 18.1. The van der Waals surface area contributed by atoms with Gasteiger partial charge in [0.05, 0.1) is 31.5 Å². The lowest BCUT2D eigenvalue weighted by Crippen LogP contribution is -2.52. The zero-order chi connectivity index (χ0) is 39.0. The molecule has 3 aromatic carbocycles. The van der Waals surface area contributed by atoms with Gasteiger partial charge in [0.1, 0.15) is 34.6 Å². The molecule has 0 saturated carbocycles. The standard InChI is InChI=1S/C43H42Cl2N4O7/c1-52-37-14-12-29(20-39(37)53-2)38(21-34-35(44)23-46-24-36(34)45)55-42(50)31-11-13-32(47-22-31)26-54-33-10-6-9-30(19-33)41(28-7-4-3-5-8-28)48-43(51)56-40-25-49-17-15-27(40)16-18-49/h3-14,19-20,22-24,27,38,40-41H,15-18,21,25-26H2,1-2H3,(H,48,51)/p+1/t38-,40-,41-/m0/s1. The number of halogens is 2. The Balaban J connectivity index is 1.02. The molecule has 13 heteroatoms. The molecule has 56 heavy (non-hydrogen) atoms. The van der Waals surface area contributed by atoms with Crippen molar-refractivity contribution in [2.24, 2.45) is 5.92 Å². The van der Waals surface area contributed by atoms with Crippen LogP contribution in [-0.4, -0.2) is 61.9 Å². The minimum absolute atomic E-state index is 0.102. The lowest BCUT2D eigenvalue weighted by Gasteiger charge is -2.43. The number of nitrogens with one attached hydrogen (secondary N) is 2. The van der Waals surface area contributed by atoms with Crippen molar-refractivity contribution in [2.45, 2.75) is 44.1 Å². The number of nitrogens with zero attached hydrogens (tertiary/aromatic N) is 2. The lowest BCUT2D eigenvalue weighted by molar-refractivity contribution is -0.377. The van der Waals surface area contributed by atoms with E-state index in [9.17, 15) is 9.59 Å². The molecule has 290 valence electrons. The van der Waals surface area contributed by atoms with Gasteiger partial charge in [0, 0.05) is 24.7 Å². The molecule has 8 rings (SSSR count). The summed E-state index contributed by atoms with van der Waals surface area (Å²) in [7, 11) is 3.08. The van der Waals surface area contributed by atoms with E-state index in [2.05, 4.69) is 20.2 Å². The van der Waals surface area contributed by atoms with Crippen molar-refractivity contribution in [1.29, 1.82) is 0 Å². The zero-order valence-electron chi connectivity index (χ0n) is 31.1. The van der Waals surface area contributed by atoms with Gasteiger partial charge in [0.25, 0.3) is 0 Å². The first-order valence-electron chi connectivity index (χ1n) is 18.5. The monoisotopic (exact) mass is 797 g/mol. The van der Waals surface area contributed by atoms with Crippen LogP contribution < -0.4 is 24.5 Å². The van der Waals surface area contributed by atoms with E-state index in [0.717, 1.165) is 43.6 Å². The van der Waals surface area contributed by atoms with Gasteiger partial charge in [-0.15, -0.1) is 0 Å². The Bertz CT molecular complexity index is 2110. The highest BCUT2D eigenvalue weighted by Gasteiger charge is 2.37. The van der Waals surface area contributed by atoms with E-state index in [1.165, 1.54) is 13.3 Å². The number of alkyl carbamates (subject to hydrolysis) is 1. The normalized spacial score (nSPS) is 18.3. The molecule has 5 aromatic rings. The van der Waals surface area contributed by atoms with Crippen LogP contribution in [0.1, 0.15) is 63.3 Å². The number of aromatic nitrogens is 2. The largest absolute Gasteiger partial charge is 0.493 e. The molecule has 11 nitrogen and oxygen atoms in total. The summed E-state index contributed by atoms with van der Waals surface area (Å²) in [6.45, 7) is 3.06. The lowest BCUT2D eigenvalue weighted by atomic mass is 9.86. The molecule has 3 fully saturated rings. The molecule has 0 unspecified atom stereocenters. The van der Waals surface area contributed by atoms with Gasteiger partial charge in [-0.2, -0.15) is 0 Å². The SMILES string of the molecule is COc1ccc([C@H](Cc2c(Cl)c[nH+]cc2Cl)OC(=O)c2ccc(COc3cccc([C@@H](NC(=O)O[C@H]4CN5CCC4CC5)c4ccccc4)c3)nc2)cc1OC. The molecule has 0 aliphatic carbocycles. The van der Waals surface area contributed by atoms with E-state index in [1.807, 2.05) is 54.6 Å². The van der Waals surface area contributed by atoms with Crippen molar-refractivity contribution < 1.29 is 38.3 Å². The number of fused-ring (bicyclic) bond motifs is 3. The number of carbonyl (C=O) groups is 2. The quantitative estimate of drug-likeness (QED) is 0.112. The minimum Gasteiger partial charge on any atom is -0.493 e. The second-order valence-electron chi connectivity index (χ2n) is 13.8. The Hall–Kier alpha value is -5.36. The molecule has 3 saturated heterocycles. The summed E-state index contributed by atoms with van der Waals surface area (Å²) in [5.74, 6) is 1.43. The molecule has 2 aromatic heterocycles. The molecule has 3 aliphatic rings. The van der Waals surface area contributed by atoms with Gasteiger partial charge in [-0.05, 0) is 84.9 Å². The topological polar surface area (TPSA) is 123 Å². The van der Waals surface area contributed by atoms with Gasteiger partial charge in [0.15, 0.2) is 23.9 Å². The fraction of sp³-hybridized carbons (Fsp3) is 0.302. The summed E-state index contributed by atoms with van der Waals surface area (Å²) < 4.78 is 29.1. The molecule has 2 N–H and O–H groups in total. The Morgan fingerprint density at radius 1 is 0.875 bits per heavy atom. The number of aromatic amines is 1. The third-order valence-electron chi connectivity index (χ3n) is 10.3. The summed E-state index contributed by atoms with van der Waals surface area (Å²) in [5.41, 5.74) is 3.88. The van der Waals surface area contributed by atoms with E-state index in [0.29, 0.717) is 50.0 Å². The third-order valence-corrected chi connectivity index (χ3v) is 11.0. The smallest absolute Gasteiger partial charge is 0.408 e. The summed E-state index contributed by atoms with van der Waals surface area (Å²) in [6.07, 6.45) is 5.69. The number of amides is 1. The second-order valence-corrected chi connectivity index (χ2v) is 14.6. The summed E-state index contributed by atoms with van der Waals surface area (Å²) >= 11 is 13.0. The number of benzene rings is 3. The first-order chi connectivity index (χ1) is 27.3. The fourth-order valence-electron chi connectivity index (χ4n) is 7.24. The van der Waals surface area contributed by atoms with E-state index >= 15 is 0 Å². The van der Waals surface area contributed by atoms with Crippen LogP contribution in [0, 0.1) is 5.92 Å². The zero-order valence-corrected chi connectivity index (χ0v) is 32.6. The highest BCUT2D eigenvalue weighted by Crippen LogP contribution is 2.36. The number of methoxy groups -OCH3 is 2. The summed E-state index contributed by atoms with van der Waals surface area (Å²) in [4.78, 5) is 36.5. The van der Waals surface area contributed by atoms with Crippen LogP contribution in [0.3, 0.4) is 0 Å². The van der Waals surface area contributed by atoms with Crippen molar-refractivity contribution in [2.75, 3.05) is 33.9 Å². The number of esters is 1. The van der Waals surface area contributed by atoms with Crippen molar-refractivity contribution in [3.05, 3.63) is 147 Å². The van der Waals surface area contributed by atoms with Crippen LogP contribution in [0.25, 0.3) is 0 Å². The molecule has 2 bridgehead atoms. The van der Waals surface area contributed by atoms with Crippen LogP contribution in [0.4, 0.5) is 4.79 Å². The number of H-pyrrole nitrogens is 1. The number of ether oxygens (including phenoxy) is 5. The minimum atomic E-state index is -0.772. The summed E-state index contributed by atoms with van der Waals surface area (Å²) in [5, 5.41) is 3.92. The molecular formula is C43H43Cl2N4O7+. The first-order valence-corrected chi connectivity index (χ1v) is 19.2. The maximum Gasteiger partial charge on any atom is 0.408 e. The van der Waals surface area contributed by atoms with Gasteiger partial charge >= 0.3 is 12.1 Å². The number of carbonyl (C=O) groups excluding carboxylic acids is 2. The molecule has 3 aliphatic heterocycles. The van der Waals surface area contributed by atoms with Crippen molar-refractivity contribution in [1.82, 2.24) is 15.2 Å². The highest BCUT2D eigenvalue weighted by molar-refractivity contribution is 6.35. The molecule has 0 spiro atoms. The van der Waals surface area contributed by atoms with E-state index in [1.54, 1.807) is 49.8 Å². The molecule has 5 heterocycles. The van der Waals surface area contributed by atoms with Crippen LogP contribution in [0.5, 0.6) is 17.2 Å². The maximum absolute atomic E-state index is 13.5. The number of hydrogen-bond acceptors (Lipinski definition) is 9. The number of hydrogen-bond donors (Lipinski definition) is 1. The average Bonchev–Trinajstić information content (AvgIpc) is 3.23. The predicted octanol–water partition coefficient (Wildman–Crippen LogP) is 7.85. The van der Waals surface area contributed by atoms with E-state index in [-0.39, 0.29) is 24.7 Å². The van der Waals surface area contributed by atoms with Crippen molar-refractivity contribution >= 4 is 35.3 Å². The van der Waals surface area contributed by atoms with Gasteiger partial charge in [-0.1, -0.05) is 71.7 Å². The van der Waals surface area contributed by atoms with E-state index in [4.69, 9.17) is 46.9 Å². The van der Waals surface area contributed by atoms with Crippen LogP contribution in [0.15, 0.2) is 104 Å². The molecule has 0 radical (unpaired) electrons. The number of rotatable bonds is 14. The van der Waals surface area contributed by atoms with Crippen LogP contribution in [0.2, 0.25) is 10.0 Å². The van der Waals surface area contributed by atoms with Gasteiger partial charge in [-0.25, -0.2) is 14.6 Å². The average molecular weight is 799 g/mol. The molecule has 1 amide bonds. The first kappa shape index (κ1) is 38.9. The summed E-state index contributed by atoms with van der Waals surface area (Å²) in [6, 6.07) is 25.6. The molecule has 3 atom stereocenters. The fourth-order valence-corrected chi connectivity index (χ4v) is 7.78. The Morgan fingerprint density at radius 2 is 1.62 bits per heavy atom. The maximum atomic E-state index is 13.5. The Kier molecular flexibility index (Phi) is 12.5. The third kappa shape index (κ3) is 9.35. The van der Waals surface area contributed by atoms with Crippen LogP contribution >= 0.6 is 23.2 Å². The van der Waals surface area contributed by atoms with Crippen LogP contribution in [-0.2, 0) is 22.5 Å². The van der Waals surface area contributed by atoms with E-state index < -0.39 is 24.2 Å². The predicted molar refractivity (Wildman–Crippen MR) is 210 cm³/mol. The molecular weight excluding hydrogens is 755 g/mol.